The summed E-state index contributed by atoms with van der Waals surface area (Å²) in [5, 5.41) is 0.353. The molecule has 3 aromatic heterocycles. The molecule has 0 unspecified atom stereocenters. The van der Waals surface area contributed by atoms with Crippen molar-refractivity contribution in [1.82, 2.24) is 9.97 Å². The van der Waals surface area contributed by atoms with Gasteiger partial charge < -0.3 is 0 Å². The van der Waals surface area contributed by atoms with Gasteiger partial charge in [0.15, 0.2) is 0 Å². The van der Waals surface area contributed by atoms with Crippen LogP contribution >= 0.6 is 22.7 Å². The van der Waals surface area contributed by atoms with Crippen molar-refractivity contribution in [2.24, 2.45) is 0 Å². The van der Waals surface area contributed by atoms with Crippen LogP contribution in [-0.2, 0) is 0 Å². The van der Waals surface area contributed by atoms with Crippen molar-refractivity contribution in [2.75, 3.05) is 0 Å². The number of hydrogen-bond donors (Lipinski definition) is 0. The summed E-state index contributed by atoms with van der Waals surface area (Å²) in [5.74, 6) is 0. The van der Waals surface area contributed by atoms with E-state index in [2.05, 4.69) is 9.97 Å². The third-order valence-corrected chi connectivity index (χ3v) is 10.2. The van der Waals surface area contributed by atoms with Crippen LogP contribution in [0.1, 0.15) is 31.5 Å². The van der Waals surface area contributed by atoms with Gasteiger partial charge in [-0.25, -0.2) is 9.97 Å². The fourth-order valence-corrected chi connectivity index (χ4v) is 7.86. The number of nitrogens with zero attached hydrogens (tertiary/aromatic N) is 2. The highest BCUT2D eigenvalue weighted by atomic mass is 32.1. The van der Waals surface area contributed by atoms with E-state index in [1.54, 1.807) is 12.1 Å². The van der Waals surface area contributed by atoms with E-state index in [0.29, 0.717) is 14.8 Å². The van der Waals surface area contributed by atoms with E-state index in [4.69, 9.17) is 30.2 Å². The molecule has 0 saturated heterocycles. The van der Waals surface area contributed by atoms with Crippen molar-refractivity contribution < 1.29 is 31.5 Å². The molecule has 0 aliphatic rings. The van der Waals surface area contributed by atoms with Crippen molar-refractivity contribution in [2.45, 2.75) is 0 Å². The maximum Gasteiger partial charge on any atom is 0.116 e. The normalized spacial score (nSPS) is 18.0. The molecule has 0 aliphatic carbocycles. The molecular weight excluding hydrogens is 645 g/mol. The smallest absolute Gasteiger partial charge is 0.116 e. The van der Waals surface area contributed by atoms with Crippen molar-refractivity contribution >= 4 is 63.1 Å². The van der Waals surface area contributed by atoms with Gasteiger partial charge >= 0.3 is 0 Å². The van der Waals surface area contributed by atoms with Crippen molar-refractivity contribution in [3.63, 3.8) is 0 Å². The Morgan fingerprint density at radius 1 is 0.420 bits per heavy atom. The minimum absolute atomic E-state index is 0.00324. The third-order valence-electron chi connectivity index (χ3n) is 7.93. The van der Waals surface area contributed by atoms with E-state index in [0.717, 1.165) is 22.7 Å². The fourth-order valence-electron chi connectivity index (χ4n) is 5.64. The number of hydrogen-bond acceptors (Lipinski definition) is 4. The number of fused-ring (bicyclic) bond motifs is 6. The summed E-state index contributed by atoms with van der Waals surface area (Å²) in [7, 11) is 0. The van der Waals surface area contributed by atoms with Gasteiger partial charge in [0, 0.05) is 35.8 Å². The maximum atomic E-state index is 9.40. The average molecular weight is 696 g/mol. The first-order valence-electron chi connectivity index (χ1n) is 26.3. The molecule has 0 bridgehead atoms. The lowest BCUT2D eigenvalue weighted by Crippen LogP contribution is -1.87. The van der Waals surface area contributed by atoms with Crippen LogP contribution in [0.2, 0.25) is 0 Å². The first kappa shape index (κ1) is 14.1. The molecule has 0 amide bonds. The van der Waals surface area contributed by atoms with Gasteiger partial charge in [-0.05, 0) is 74.8 Å². The highest BCUT2D eigenvalue weighted by Crippen LogP contribution is 2.43. The van der Waals surface area contributed by atoms with Gasteiger partial charge in [0.25, 0.3) is 0 Å². The average Bonchev–Trinajstić information content (AvgIpc) is 3.96. The number of thiophene rings is 2. The molecule has 50 heavy (non-hydrogen) atoms. The molecule has 4 heteroatoms. The molecule has 3 heterocycles. The Labute approximate surface area is 329 Å². The maximum absolute atomic E-state index is 9.40. The second kappa shape index (κ2) is 11.9. The van der Waals surface area contributed by atoms with Gasteiger partial charge in [-0.15, -0.1) is 22.7 Å². The molecule has 234 valence electrons. The highest BCUT2D eigenvalue weighted by Gasteiger charge is 2.16. The summed E-state index contributed by atoms with van der Waals surface area (Å²) < 4.78 is 202. The zero-order valence-electron chi connectivity index (χ0n) is 48.1. The lowest BCUT2D eigenvalue weighted by molar-refractivity contribution is 1.24. The monoisotopic (exact) mass is 695 g/mol. The number of benzene rings is 7. The minimum atomic E-state index is -0.839. The molecular formula is C46H28N2S2. The Bertz CT molecular complexity index is 4150. The van der Waals surface area contributed by atoms with E-state index < -0.39 is 161 Å². The van der Waals surface area contributed by atoms with Gasteiger partial charge in [-0.1, -0.05) is 133 Å². The molecule has 0 aliphatic heterocycles. The Balaban J connectivity index is 1.16. The standard InChI is InChI=1S/C46H28N2S2/c1-2-9-29(10-3-1)30-19-21-31(22-20-30)32-11-6-12-33(25-32)34-23-24-42-40(27-34)44-46(50-42)43(47-28-48-44)36-14-7-13-35(26-36)37-16-8-17-39-38-15-4-5-18-41(38)49-45(37)39/h1-28H/i1D,2D,3D,4D,5D,6D,7D,8D,9D,10D,11D,12D,13D,14D,15D,16D,17D,18D,19D,20D,21D,22D,25D. The molecule has 0 N–H and O–H groups in total. The minimum Gasteiger partial charge on any atom is -0.235 e. The summed E-state index contributed by atoms with van der Waals surface area (Å²) in [6.45, 7) is 0. The number of rotatable bonds is 5. The van der Waals surface area contributed by atoms with Crippen LogP contribution in [-0.4, -0.2) is 9.97 Å². The largest absolute Gasteiger partial charge is 0.235 e. The van der Waals surface area contributed by atoms with E-state index in [1.165, 1.54) is 18.5 Å². The molecule has 0 atom stereocenters. The van der Waals surface area contributed by atoms with E-state index in [9.17, 15) is 1.37 Å². The highest BCUT2D eigenvalue weighted by molar-refractivity contribution is 7.26. The molecule has 0 spiro atoms. The Morgan fingerprint density at radius 3 is 1.92 bits per heavy atom. The van der Waals surface area contributed by atoms with Crippen LogP contribution in [0.4, 0.5) is 0 Å². The van der Waals surface area contributed by atoms with Gasteiger partial charge in [0.2, 0.25) is 0 Å². The molecule has 0 radical (unpaired) electrons. The van der Waals surface area contributed by atoms with E-state index in [1.807, 2.05) is 0 Å². The molecule has 10 rings (SSSR count). The summed E-state index contributed by atoms with van der Waals surface area (Å²) >= 11 is 2.01. The van der Waals surface area contributed by atoms with E-state index in [-0.39, 0.29) is 59.2 Å². The predicted octanol–water partition coefficient (Wildman–Crippen LogP) is 13.5. The molecule has 2 nitrogen and oxygen atoms in total. The van der Waals surface area contributed by atoms with Crippen LogP contribution in [0.5, 0.6) is 0 Å². The SMILES string of the molecule is [2H]c1c(-c2ncnc3c2sc2ccc(-c4c([2H])c([2H])c([2H])c(-c5c([2H])c([2H])c(-c6c([2H])c([2H])c([2H])c([2H])c6[2H])c([2H])c5[2H])c4[2H])cc23)cc(-c2c([2H])c([2H])c([2H])c3c2sc2c([2H])c([2H])c([2H])c([2H])c23)c([2H])c1[2H]. The van der Waals surface area contributed by atoms with Crippen LogP contribution in [0.25, 0.3) is 96.2 Å². The van der Waals surface area contributed by atoms with Gasteiger partial charge in [-0.2, -0.15) is 0 Å². The van der Waals surface area contributed by atoms with Gasteiger partial charge in [-0.3, -0.25) is 0 Å². The molecule has 0 fully saturated rings. The second-order valence-corrected chi connectivity index (χ2v) is 12.9. The van der Waals surface area contributed by atoms with Crippen LogP contribution < -0.4 is 0 Å². The lowest BCUT2D eigenvalue weighted by atomic mass is 9.96. The molecule has 7 aromatic carbocycles. The number of aromatic nitrogens is 2. The molecule has 0 saturated carbocycles. The van der Waals surface area contributed by atoms with Crippen molar-refractivity contribution in [1.29, 1.82) is 0 Å². The summed E-state index contributed by atoms with van der Waals surface area (Å²) in [5.41, 5.74) is -2.24. The quantitative estimate of drug-likeness (QED) is 0.179. The van der Waals surface area contributed by atoms with E-state index >= 15 is 0 Å². The zero-order valence-corrected chi connectivity index (χ0v) is 26.7. The summed E-state index contributed by atoms with van der Waals surface area (Å²) in [6, 6.07) is -8.87. The zero-order chi connectivity index (χ0) is 53.0. The van der Waals surface area contributed by atoms with Crippen LogP contribution in [0.15, 0.2) is 170 Å². The third kappa shape index (κ3) is 4.92. The van der Waals surface area contributed by atoms with Crippen LogP contribution in [0.3, 0.4) is 0 Å². The Kier molecular flexibility index (Phi) is 3.36. The summed E-state index contributed by atoms with van der Waals surface area (Å²) in [4.78, 5) is 9.02. The molecule has 10 aromatic rings. The van der Waals surface area contributed by atoms with Crippen molar-refractivity contribution in [3.8, 4) is 55.8 Å². The van der Waals surface area contributed by atoms with Crippen LogP contribution in [0, 0.1) is 0 Å². The first-order chi connectivity index (χ1) is 34.3. The topological polar surface area (TPSA) is 25.8 Å². The predicted molar refractivity (Wildman–Crippen MR) is 215 cm³/mol. The Hall–Kier alpha value is -5.94. The Morgan fingerprint density at radius 2 is 1.06 bits per heavy atom. The van der Waals surface area contributed by atoms with Gasteiger partial charge in [0.1, 0.15) is 6.33 Å². The summed E-state index contributed by atoms with van der Waals surface area (Å²) in [6.07, 6.45) is 1.18. The fraction of sp³-hybridized carbons (Fsp3) is 0. The lowest BCUT2D eigenvalue weighted by Gasteiger charge is -2.08. The first-order valence-corrected chi connectivity index (χ1v) is 16.5. The van der Waals surface area contributed by atoms with Crippen molar-refractivity contribution in [3.05, 3.63) is 170 Å². The van der Waals surface area contributed by atoms with Gasteiger partial charge in [0.05, 0.1) is 47.4 Å². The second-order valence-electron chi connectivity index (χ2n) is 10.8.